The molecule has 194 valence electrons. The van der Waals surface area contributed by atoms with E-state index in [1.807, 2.05) is 0 Å². The number of carbonyl (C=O) groups is 1. The highest BCUT2D eigenvalue weighted by Gasteiger charge is 2.21. The molecule has 0 amide bonds. The second-order valence-electron chi connectivity index (χ2n) is 8.50. The van der Waals surface area contributed by atoms with E-state index in [1.54, 1.807) is 31.2 Å². The minimum Gasteiger partial charge on any atom is -0.436 e. The third-order valence-corrected chi connectivity index (χ3v) is 6.54. The number of aromatic nitrogens is 4. The Morgan fingerprint density at radius 3 is 2.66 bits per heavy atom. The first-order valence-corrected chi connectivity index (χ1v) is 13.3. The lowest BCUT2D eigenvalue weighted by Crippen LogP contribution is -2.09. The van der Waals surface area contributed by atoms with Crippen LogP contribution in [-0.4, -0.2) is 40.2 Å². The second kappa shape index (κ2) is 9.47. The number of nitrogens with zero attached hydrogens (tertiary/aromatic N) is 3. The molecule has 10 nitrogen and oxygen atoms in total. The number of benzene rings is 2. The average molecular weight is 555 g/mol. The number of sulfonamides is 1. The molecule has 0 spiro atoms. The number of rotatable bonds is 7. The summed E-state index contributed by atoms with van der Waals surface area (Å²) < 4.78 is 46.4. The molecule has 0 aliphatic rings. The molecule has 0 fully saturated rings. The van der Waals surface area contributed by atoms with Gasteiger partial charge in [-0.1, -0.05) is 23.7 Å². The van der Waals surface area contributed by atoms with Crippen molar-refractivity contribution >= 4 is 49.8 Å². The first-order chi connectivity index (χ1) is 18.0. The van der Waals surface area contributed by atoms with E-state index in [4.69, 9.17) is 22.1 Å². The van der Waals surface area contributed by atoms with Gasteiger partial charge in [0.05, 0.1) is 46.3 Å². The summed E-state index contributed by atoms with van der Waals surface area (Å²) in [5, 5.41) is 5.00. The summed E-state index contributed by atoms with van der Waals surface area (Å²) in [6.45, 7) is 1.78. The highest BCUT2D eigenvalue weighted by molar-refractivity contribution is 7.92. The number of hydrogen-bond donors (Lipinski definition) is 3. The van der Waals surface area contributed by atoms with E-state index in [9.17, 15) is 17.6 Å². The fraction of sp³-hybridized carbons (Fsp3) is 0.0800. The van der Waals surface area contributed by atoms with Crippen LogP contribution in [0.1, 0.15) is 21.6 Å². The van der Waals surface area contributed by atoms with E-state index in [-0.39, 0.29) is 39.4 Å². The van der Waals surface area contributed by atoms with Crippen LogP contribution in [0.25, 0.3) is 16.6 Å². The Labute approximate surface area is 221 Å². The van der Waals surface area contributed by atoms with Crippen molar-refractivity contribution < 1.29 is 22.3 Å². The van der Waals surface area contributed by atoms with Crippen LogP contribution in [0.3, 0.4) is 0 Å². The van der Waals surface area contributed by atoms with Gasteiger partial charge in [0.25, 0.3) is 0 Å². The summed E-state index contributed by atoms with van der Waals surface area (Å²) in [7, 11) is -3.54. The molecule has 0 bridgehead atoms. The number of halogens is 2. The number of fused-ring (bicyclic) bond motifs is 1. The number of nitrogen functional groups attached to an aromatic ring is 1. The number of aryl methyl sites for hydroxylation is 1. The van der Waals surface area contributed by atoms with Crippen molar-refractivity contribution in [3.05, 3.63) is 88.6 Å². The summed E-state index contributed by atoms with van der Waals surface area (Å²) in [6.07, 6.45) is 3.82. The zero-order chi connectivity index (χ0) is 27.2. The molecule has 0 atom stereocenters. The molecule has 38 heavy (non-hydrogen) atoms. The normalized spacial score (nSPS) is 11.6. The van der Waals surface area contributed by atoms with Crippen LogP contribution in [0.2, 0.25) is 5.02 Å². The SMILES string of the molecule is Cc1cc(Oc2ccccc2F)ncc1-n1ncc(C(=O)c2cc3cc(NS(C)(=O)=O)c(Cl)cc3[nH]2)c1N. The lowest BCUT2D eigenvalue weighted by atomic mass is 10.1. The van der Waals surface area contributed by atoms with Gasteiger partial charge in [0.15, 0.2) is 11.6 Å². The Morgan fingerprint density at radius 1 is 1.18 bits per heavy atom. The van der Waals surface area contributed by atoms with Crippen LogP contribution in [0.4, 0.5) is 15.9 Å². The maximum Gasteiger partial charge on any atom is 0.229 e. The molecule has 0 saturated heterocycles. The molecule has 5 rings (SSSR count). The smallest absolute Gasteiger partial charge is 0.229 e. The van der Waals surface area contributed by atoms with Crippen molar-refractivity contribution in [2.45, 2.75) is 6.92 Å². The summed E-state index contributed by atoms with van der Waals surface area (Å²) in [5.74, 6) is -0.641. The molecule has 5 aromatic rings. The lowest BCUT2D eigenvalue weighted by molar-refractivity contribution is 0.103. The van der Waals surface area contributed by atoms with Crippen molar-refractivity contribution in [2.24, 2.45) is 0 Å². The molecule has 0 aliphatic carbocycles. The molecule has 4 N–H and O–H groups in total. The third-order valence-electron chi connectivity index (χ3n) is 5.64. The maximum absolute atomic E-state index is 13.9. The van der Waals surface area contributed by atoms with E-state index < -0.39 is 21.6 Å². The summed E-state index contributed by atoms with van der Waals surface area (Å²) in [5.41, 5.74) is 8.55. The molecule has 0 radical (unpaired) electrons. The monoisotopic (exact) mass is 554 g/mol. The van der Waals surface area contributed by atoms with Gasteiger partial charge in [0.2, 0.25) is 21.7 Å². The molecule has 3 heterocycles. The van der Waals surface area contributed by atoms with Crippen LogP contribution in [0, 0.1) is 12.7 Å². The van der Waals surface area contributed by atoms with Crippen molar-refractivity contribution in [3.8, 4) is 17.3 Å². The van der Waals surface area contributed by atoms with Crippen molar-refractivity contribution in [1.82, 2.24) is 19.7 Å². The number of ether oxygens (including phenoxy) is 1. The van der Waals surface area contributed by atoms with Crippen molar-refractivity contribution in [3.63, 3.8) is 0 Å². The molecule has 0 unspecified atom stereocenters. The number of carbonyl (C=O) groups excluding carboxylic acids is 1. The van der Waals surface area contributed by atoms with E-state index in [0.717, 1.165) is 6.26 Å². The van der Waals surface area contributed by atoms with Gasteiger partial charge >= 0.3 is 0 Å². The number of H-pyrrole nitrogens is 1. The van der Waals surface area contributed by atoms with Gasteiger partial charge in [0, 0.05) is 17.0 Å². The highest BCUT2D eigenvalue weighted by Crippen LogP contribution is 2.31. The number of aromatic amines is 1. The van der Waals surface area contributed by atoms with E-state index in [1.165, 1.54) is 41.3 Å². The average Bonchev–Trinajstić information content (AvgIpc) is 3.43. The maximum atomic E-state index is 13.9. The molecule has 3 aromatic heterocycles. The van der Waals surface area contributed by atoms with E-state index >= 15 is 0 Å². The summed E-state index contributed by atoms with van der Waals surface area (Å²) in [6, 6.07) is 12.2. The number of hydrogen-bond acceptors (Lipinski definition) is 7. The fourth-order valence-corrected chi connectivity index (χ4v) is 4.70. The van der Waals surface area contributed by atoms with E-state index in [0.29, 0.717) is 22.2 Å². The van der Waals surface area contributed by atoms with Gasteiger partial charge in [-0.3, -0.25) is 9.52 Å². The lowest BCUT2D eigenvalue weighted by Gasteiger charge is -2.11. The van der Waals surface area contributed by atoms with Gasteiger partial charge in [0.1, 0.15) is 5.82 Å². The minimum absolute atomic E-state index is 0.0393. The Bertz CT molecular complexity index is 1830. The van der Waals surface area contributed by atoms with Crippen molar-refractivity contribution in [2.75, 3.05) is 16.7 Å². The second-order valence-corrected chi connectivity index (χ2v) is 10.7. The van der Waals surface area contributed by atoms with Crippen molar-refractivity contribution in [1.29, 1.82) is 0 Å². The minimum atomic E-state index is -3.54. The molecule has 2 aromatic carbocycles. The zero-order valence-corrected chi connectivity index (χ0v) is 21.6. The van der Waals surface area contributed by atoms with Gasteiger partial charge in [-0.25, -0.2) is 22.5 Å². The molecule has 0 aliphatic heterocycles. The number of nitrogens with one attached hydrogen (secondary N) is 2. The van der Waals surface area contributed by atoms with Crippen LogP contribution < -0.4 is 15.2 Å². The standard InChI is InChI=1S/C25H20ClFN6O4S/c1-13-7-23(37-22-6-4-3-5-17(22)27)29-12-21(13)33-25(28)15(11-30-33)24(34)20-9-14-8-19(32-38(2,35)36)16(26)10-18(14)31-20/h3-12,31-32H,28H2,1-2H3. The predicted octanol–water partition coefficient (Wildman–Crippen LogP) is 4.83. The van der Waals surface area contributed by atoms with Crippen LogP contribution in [-0.2, 0) is 10.0 Å². The molecule has 13 heteroatoms. The Balaban J connectivity index is 1.43. The van der Waals surface area contributed by atoms with Crippen LogP contribution in [0.5, 0.6) is 11.6 Å². The number of para-hydroxylation sites is 1. The zero-order valence-electron chi connectivity index (χ0n) is 20.0. The largest absolute Gasteiger partial charge is 0.436 e. The summed E-state index contributed by atoms with van der Waals surface area (Å²) in [4.78, 5) is 20.5. The number of anilines is 2. The van der Waals surface area contributed by atoms with Crippen LogP contribution >= 0.6 is 11.6 Å². The van der Waals surface area contributed by atoms with Gasteiger partial charge in [-0.15, -0.1) is 0 Å². The van der Waals surface area contributed by atoms with E-state index in [2.05, 4.69) is 19.8 Å². The fourth-order valence-electron chi connectivity index (χ4n) is 3.87. The molecule has 0 saturated carbocycles. The first kappa shape index (κ1) is 25.2. The van der Waals surface area contributed by atoms with Gasteiger partial charge in [-0.2, -0.15) is 5.10 Å². The third kappa shape index (κ3) is 4.91. The summed E-state index contributed by atoms with van der Waals surface area (Å²) >= 11 is 6.19. The Morgan fingerprint density at radius 2 is 1.95 bits per heavy atom. The quantitative estimate of drug-likeness (QED) is 0.244. The molecular formula is C25H20ClFN6O4S. The highest BCUT2D eigenvalue weighted by atomic mass is 35.5. The number of ketones is 1. The number of nitrogens with two attached hydrogens (primary N) is 1. The first-order valence-electron chi connectivity index (χ1n) is 11.1. The van der Waals surface area contributed by atoms with Gasteiger partial charge < -0.3 is 15.5 Å². The topological polar surface area (TPSA) is 145 Å². The predicted molar refractivity (Wildman–Crippen MR) is 142 cm³/mol. The number of pyridine rings is 1. The Hall–Kier alpha value is -4.42. The van der Waals surface area contributed by atoms with Gasteiger partial charge in [-0.05, 0) is 42.8 Å². The Kier molecular flexibility index (Phi) is 6.29. The molecular weight excluding hydrogens is 535 g/mol. The van der Waals surface area contributed by atoms with Crippen LogP contribution in [0.15, 0.2) is 60.9 Å².